The zero-order valence-corrected chi connectivity index (χ0v) is 17.7. The summed E-state index contributed by atoms with van der Waals surface area (Å²) in [6.45, 7) is 1.88. The van der Waals surface area contributed by atoms with E-state index >= 15 is 0 Å². The Kier molecular flexibility index (Phi) is 6.02. The highest BCUT2D eigenvalue weighted by atomic mass is 16.5. The number of nitrogens with one attached hydrogen (secondary N) is 1. The number of rotatable bonds is 5. The van der Waals surface area contributed by atoms with Gasteiger partial charge in [-0.2, -0.15) is 0 Å². The molecule has 1 aliphatic carbocycles. The van der Waals surface area contributed by atoms with Gasteiger partial charge in [0.25, 0.3) is 0 Å². The van der Waals surface area contributed by atoms with Crippen LogP contribution in [0.3, 0.4) is 0 Å². The summed E-state index contributed by atoms with van der Waals surface area (Å²) in [5.74, 6) is 1.06. The predicted octanol–water partition coefficient (Wildman–Crippen LogP) is 3.87. The number of benzene rings is 1. The number of ether oxygens (including phenoxy) is 1. The molecule has 2 amide bonds. The van der Waals surface area contributed by atoms with Crippen LogP contribution < -0.4 is 15.0 Å². The second-order valence-corrected chi connectivity index (χ2v) is 8.22. The molecule has 0 bridgehead atoms. The molecule has 2 aromatic rings. The van der Waals surface area contributed by atoms with Gasteiger partial charge in [-0.3, -0.25) is 14.6 Å². The highest BCUT2D eigenvalue weighted by molar-refractivity contribution is 5.96. The van der Waals surface area contributed by atoms with Crippen molar-refractivity contribution < 1.29 is 14.3 Å². The third kappa shape index (κ3) is 4.48. The van der Waals surface area contributed by atoms with Gasteiger partial charge in [-0.05, 0) is 61.4 Å². The first kappa shape index (κ1) is 20.4. The van der Waals surface area contributed by atoms with Crippen molar-refractivity contribution in [2.75, 3.05) is 11.9 Å². The molecule has 1 aromatic heterocycles. The number of hydrogen-bond acceptors (Lipinski definition) is 4. The van der Waals surface area contributed by atoms with Crippen molar-refractivity contribution in [1.82, 2.24) is 10.3 Å². The summed E-state index contributed by atoms with van der Waals surface area (Å²) in [7, 11) is 1.83. The average Bonchev–Trinajstić information content (AvgIpc) is 2.77. The first-order chi connectivity index (χ1) is 14.5. The Morgan fingerprint density at radius 3 is 2.70 bits per heavy atom. The number of anilines is 1. The van der Waals surface area contributed by atoms with Crippen LogP contribution in [0.15, 0.2) is 36.7 Å². The van der Waals surface area contributed by atoms with Gasteiger partial charge in [-0.1, -0.05) is 13.0 Å². The number of nitrogens with zero attached hydrogens (tertiary/aromatic N) is 2. The summed E-state index contributed by atoms with van der Waals surface area (Å²) in [5, 5.41) is 3.08. The Balaban J connectivity index is 1.42. The van der Waals surface area contributed by atoms with Gasteiger partial charge in [0.1, 0.15) is 5.75 Å². The molecule has 30 heavy (non-hydrogen) atoms. The van der Waals surface area contributed by atoms with Crippen LogP contribution in [0.5, 0.6) is 5.75 Å². The summed E-state index contributed by atoms with van der Waals surface area (Å²) in [5.41, 5.74) is 4.27. The minimum Gasteiger partial charge on any atom is -0.489 e. The van der Waals surface area contributed by atoms with Crippen LogP contribution in [-0.2, 0) is 16.0 Å². The molecule has 2 heterocycles. The van der Waals surface area contributed by atoms with Gasteiger partial charge in [-0.25, -0.2) is 0 Å². The normalized spacial score (nSPS) is 21.1. The Morgan fingerprint density at radius 2 is 1.93 bits per heavy atom. The minimum atomic E-state index is 0.122. The number of carbonyl (C=O) groups is 2. The SMILES string of the molecule is CCC(=O)N[C@H]1CC[C@H](Oc2cncc(-c3ccc4c(c3)CCC(=O)N4C)c2)CC1. The fourth-order valence-corrected chi connectivity index (χ4v) is 4.32. The van der Waals surface area contributed by atoms with Crippen molar-refractivity contribution in [3.63, 3.8) is 0 Å². The van der Waals surface area contributed by atoms with Gasteiger partial charge in [-0.15, -0.1) is 0 Å². The second kappa shape index (κ2) is 8.86. The van der Waals surface area contributed by atoms with Crippen LogP contribution >= 0.6 is 0 Å². The lowest BCUT2D eigenvalue weighted by Gasteiger charge is -2.29. The fourth-order valence-electron chi connectivity index (χ4n) is 4.32. The van der Waals surface area contributed by atoms with Crippen molar-refractivity contribution in [3.05, 3.63) is 42.2 Å². The van der Waals surface area contributed by atoms with E-state index in [1.807, 2.05) is 38.4 Å². The quantitative estimate of drug-likeness (QED) is 0.817. The third-order valence-electron chi connectivity index (χ3n) is 6.13. The number of hydrogen-bond donors (Lipinski definition) is 1. The monoisotopic (exact) mass is 407 g/mol. The molecular weight excluding hydrogens is 378 g/mol. The Morgan fingerprint density at radius 1 is 1.13 bits per heavy atom. The maximum absolute atomic E-state index is 11.9. The van der Waals surface area contributed by atoms with Crippen LogP contribution in [0.25, 0.3) is 11.1 Å². The zero-order chi connectivity index (χ0) is 21.1. The zero-order valence-electron chi connectivity index (χ0n) is 17.7. The molecule has 0 radical (unpaired) electrons. The third-order valence-corrected chi connectivity index (χ3v) is 6.13. The van der Waals surface area contributed by atoms with Gasteiger partial charge in [0.15, 0.2) is 0 Å². The van der Waals surface area contributed by atoms with E-state index in [0.29, 0.717) is 12.8 Å². The number of carbonyl (C=O) groups excluding carboxylic acids is 2. The van der Waals surface area contributed by atoms with Gasteiger partial charge >= 0.3 is 0 Å². The van der Waals surface area contributed by atoms with E-state index in [1.54, 1.807) is 11.1 Å². The number of aromatic nitrogens is 1. The minimum absolute atomic E-state index is 0.122. The molecule has 0 saturated heterocycles. The predicted molar refractivity (Wildman–Crippen MR) is 117 cm³/mol. The van der Waals surface area contributed by atoms with Crippen LogP contribution in [0.1, 0.15) is 51.0 Å². The molecule has 6 nitrogen and oxygen atoms in total. The maximum Gasteiger partial charge on any atom is 0.227 e. The van der Waals surface area contributed by atoms with E-state index in [-0.39, 0.29) is 24.0 Å². The Labute approximate surface area is 177 Å². The Hall–Kier alpha value is -2.89. The van der Waals surface area contributed by atoms with Crippen LogP contribution in [-0.4, -0.2) is 36.0 Å². The standard InChI is InChI=1S/C24H29N3O3/c1-3-23(28)26-19-6-8-20(9-7-19)30-21-13-18(14-25-15-21)16-4-10-22-17(12-16)5-11-24(29)27(22)2/h4,10,12-15,19-20H,3,5-9,11H2,1-2H3,(H,26,28)/t19-,20-. The fraction of sp³-hybridized carbons (Fsp3) is 0.458. The molecule has 0 spiro atoms. The molecular formula is C24H29N3O3. The van der Waals surface area contributed by atoms with Crippen molar-refractivity contribution in [2.45, 2.75) is 64.0 Å². The van der Waals surface area contributed by atoms with Crippen LogP contribution in [0, 0.1) is 0 Å². The molecule has 0 unspecified atom stereocenters. The molecule has 0 atom stereocenters. The summed E-state index contributed by atoms with van der Waals surface area (Å²) in [4.78, 5) is 29.6. The highest BCUT2D eigenvalue weighted by Gasteiger charge is 2.24. The molecule has 1 N–H and O–H groups in total. The van der Waals surface area contributed by atoms with Gasteiger partial charge in [0.2, 0.25) is 11.8 Å². The first-order valence-electron chi connectivity index (χ1n) is 10.8. The topological polar surface area (TPSA) is 71.5 Å². The van der Waals surface area contributed by atoms with Gasteiger partial charge in [0, 0.05) is 43.4 Å². The van der Waals surface area contributed by atoms with Crippen LogP contribution in [0.4, 0.5) is 5.69 Å². The lowest BCUT2D eigenvalue weighted by molar-refractivity contribution is -0.122. The molecule has 2 aliphatic rings. The van der Waals surface area contributed by atoms with Crippen molar-refractivity contribution in [1.29, 1.82) is 0 Å². The van der Waals surface area contributed by atoms with Gasteiger partial charge < -0.3 is 15.0 Å². The van der Waals surface area contributed by atoms with E-state index in [9.17, 15) is 9.59 Å². The molecule has 4 rings (SSSR count). The summed E-state index contributed by atoms with van der Waals surface area (Å²) in [6.07, 6.45) is 9.37. The van der Waals surface area contributed by atoms with Crippen molar-refractivity contribution in [3.8, 4) is 16.9 Å². The number of fused-ring (bicyclic) bond motifs is 1. The van der Waals surface area contributed by atoms with E-state index in [4.69, 9.17) is 4.74 Å². The van der Waals surface area contributed by atoms with E-state index < -0.39 is 0 Å². The van der Waals surface area contributed by atoms with E-state index in [0.717, 1.165) is 54.7 Å². The largest absolute Gasteiger partial charge is 0.489 e. The number of amides is 2. The number of aryl methyl sites for hydroxylation is 1. The lowest BCUT2D eigenvalue weighted by atomic mass is 9.93. The van der Waals surface area contributed by atoms with Gasteiger partial charge in [0.05, 0.1) is 12.3 Å². The van der Waals surface area contributed by atoms with E-state index in [1.165, 1.54) is 5.56 Å². The smallest absolute Gasteiger partial charge is 0.227 e. The average molecular weight is 408 g/mol. The lowest BCUT2D eigenvalue weighted by Crippen LogP contribution is -2.39. The molecule has 1 fully saturated rings. The van der Waals surface area contributed by atoms with Crippen molar-refractivity contribution in [2.24, 2.45) is 0 Å². The molecule has 1 aliphatic heterocycles. The summed E-state index contributed by atoms with van der Waals surface area (Å²) in [6, 6.07) is 8.51. The molecule has 1 aromatic carbocycles. The maximum atomic E-state index is 11.9. The molecule has 158 valence electrons. The second-order valence-electron chi connectivity index (χ2n) is 8.22. The van der Waals surface area contributed by atoms with Crippen molar-refractivity contribution >= 4 is 17.5 Å². The van der Waals surface area contributed by atoms with E-state index in [2.05, 4.69) is 16.4 Å². The highest BCUT2D eigenvalue weighted by Crippen LogP contribution is 2.32. The summed E-state index contributed by atoms with van der Waals surface area (Å²) < 4.78 is 6.21. The first-order valence-corrected chi connectivity index (χ1v) is 10.8. The Bertz CT molecular complexity index is 935. The van der Waals surface area contributed by atoms with Crippen LogP contribution in [0.2, 0.25) is 0 Å². The molecule has 1 saturated carbocycles. The summed E-state index contributed by atoms with van der Waals surface area (Å²) >= 11 is 0. The molecule has 6 heteroatoms. The number of pyridine rings is 1.